The van der Waals surface area contributed by atoms with Crippen LogP contribution in [-0.4, -0.2) is 34.8 Å². The highest BCUT2D eigenvalue weighted by Gasteiger charge is 2.20. The van der Waals surface area contributed by atoms with Gasteiger partial charge in [0.05, 0.1) is 21.4 Å². The third-order valence-corrected chi connectivity index (χ3v) is 7.36. The van der Waals surface area contributed by atoms with Crippen molar-refractivity contribution >= 4 is 56.4 Å². The van der Waals surface area contributed by atoms with Crippen molar-refractivity contribution in [2.45, 2.75) is 22.7 Å². The molecule has 3 rings (SSSR count). The molecule has 0 unspecified atom stereocenters. The second-order valence-electron chi connectivity index (χ2n) is 6.49. The number of carbonyl (C=O) groups is 1. The minimum Gasteiger partial charge on any atom is -0.324 e. The van der Waals surface area contributed by atoms with E-state index in [2.05, 4.69) is 15.5 Å². The number of nitrogens with one attached hydrogen (secondary N) is 1. The summed E-state index contributed by atoms with van der Waals surface area (Å²) in [5.41, 5.74) is 1.43. The van der Waals surface area contributed by atoms with Gasteiger partial charge in [0, 0.05) is 12.1 Å². The van der Waals surface area contributed by atoms with Crippen molar-refractivity contribution in [2.24, 2.45) is 7.05 Å². The predicted octanol–water partition coefficient (Wildman–Crippen LogP) is 4.14. The zero-order chi connectivity index (χ0) is 21.9. The Labute approximate surface area is 188 Å². The fraction of sp³-hybridized carbons (Fsp3) is 0.211. The molecule has 1 heterocycles. The van der Waals surface area contributed by atoms with E-state index in [4.69, 9.17) is 23.2 Å². The summed E-state index contributed by atoms with van der Waals surface area (Å²) in [6.45, 7) is 1.89. The Hall–Kier alpha value is -2.07. The number of thioether (sulfide) groups is 1. The number of aromatic nitrogens is 3. The summed E-state index contributed by atoms with van der Waals surface area (Å²) in [5.74, 6) is -0.234. The number of halogens is 2. The molecule has 0 fully saturated rings. The van der Waals surface area contributed by atoms with Gasteiger partial charge in [-0.05, 0) is 37.3 Å². The highest BCUT2D eigenvalue weighted by atomic mass is 35.5. The number of hydrogen-bond acceptors (Lipinski definition) is 6. The highest BCUT2D eigenvalue weighted by molar-refractivity contribution is 7.99. The minimum atomic E-state index is -3.56. The van der Waals surface area contributed by atoms with Crippen molar-refractivity contribution < 1.29 is 13.2 Å². The van der Waals surface area contributed by atoms with Crippen LogP contribution in [0, 0.1) is 6.92 Å². The second kappa shape index (κ2) is 9.38. The molecule has 30 heavy (non-hydrogen) atoms. The number of carbonyl (C=O) groups excluding carboxylic acids is 1. The maximum atomic E-state index is 12.6. The molecular weight excluding hydrogens is 467 g/mol. The largest absolute Gasteiger partial charge is 0.324 e. The standard InChI is InChI=1S/C19H18Cl2N4O3S2/c1-12-3-6-14(7-4-12)30(27,28)11-17-23-24-19(25(17)2)29-10-18(26)22-16-8-5-13(20)9-15(16)21/h3-9H,10-11H2,1-2H3,(H,22,26). The van der Waals surface area contributed by atoms with Crippen molar-refractivity contribution in [1.29, 1.82) is 0 Å². The second-order valence-corrected chi connectivity index (χ2v) is 10.3. The third kappa shape index (κ3) is 5.54. The lowest BCUT2D eigenvalue weighted by Gasteiger charge is -2.08. The van der Waals surface area contributed by atoms with Gasteiger partial charge in [0.15, 0.2) is 15.0 Å². The third-order valence-electron chi connectivity index (χ3n) is 4.16. The molecule has 0 bridgehead atoms. The summed E-state index contributed by atoms with van der Waals surface area (Å²) in [4.78, 5) is 12.4. The van der Waals surface area contributed by atoms with E-state index >= 15 is 0 Å². The van der Waals surface area contributed by atoms with Crippen LogP contribution in [-0.2, 0) is 27.4 Å². The Morgan fingerprint density at radius 3 is 2.50 bits per heavy atom. The smallest absolute Gasteiger partial charge is 0.234 e. The first kappa shape index (κ1) is 22.6. The first-order chi connectivity index (χ1) is 14.2. The van der Waals surface area contributed by atoms with E-state index in [0.717, 1.165) is 17.3 Å². The van der Waals surface area contributed by atoms with Gasteiger partial charge in [-0.2, -0.15) is 0 Å². The summed E-state index contributed by atoms with van der Waals surface area (Å²) >= 11 is 13.0. The Morgan fingerprint density at radius 1 is 1.13 bits per heavy atom. The quantitative estimate of drug-likeness (QED) is 0.506. The summed E-state index contributed by atoms with van der Waals surface area (Å²) in [6, 6.07) is 11.4. The van der Waals surface area contributed by atoms with Crippen molar-refractivity contribution in [3.05, 3.63) is 63.9 Å². The summed E-state index contributed by atoms with van der Waals surface area (Å²) in [7, 11) is -1.89. The molecule has 158 valence electrons. The maximum Gasteiger partial charge on any atom is 0.234 e. The van der Waals surface area contributed by atoms with Crippen molar-refractivity contribution in [3.63, 3.8) is 0 Å². The first-order valence-corrected chi connectivity index (χ1v) is 12.1. The van der Waals surface area contributed by atoms with Crippen molar-refractivity contribution in [3.8, 4) is 0 Å². The molecule has 0 spiro atoms. The van der Waals surface area contributed by atoms with Crippen LogP contribution in [0.25, 0.3) is 0 Å². The molecule has 0 saturated heterocycles. The van der Waals surface area contributed by atoms with E-state index in [1.54, 1.807) is 48.0 Å². The van der Waals surface area contributed by atoms with Crippen LogP contribution in [0.5, 0.6) is 0 Å². The Kier molecular flexibility index (Phi) is 7.07. The number of sulfone groups is 1. The molecule has 1 amide bonds. The van der Waals surface area contributed by atoms with Gasteiger partial charge in [0.1, 0.15) is 11.6 Å². The minimum absolute atomic E-state index is 0.0512. The molecule has 0 saturated carbocycles. The summed E-state index contributed by atoms with van der Waals surface area (Å²) in [6.07, 6.45) is 0. The van der Waals surface area contributed by atoms with Gasteiger partial charge in [-0.15, -0.1) is 10.2 Å². The van der Waals surface area contributed by atoms with Crippen LogP contribution in [0.4, 0.5) is 5.69 Å². The molecule has 0 aliphatic heterocycles. The molecule has 11 heteroatoms. The zero-order valence-corrected chi connectivity index (χ0v) is 19.2. The van der Waals surface area contributed by atoms with Crippen molar-refractivity contribution in [2.75, 3.05) is 11.1 Å². The normalized spacial score (nSPS) is 11.5. The Bertz CT molecular complexity index is 1180. The molecule has 1 N–H and O–H groups in total. The van der Waals surface area contributed by atoms with Gasteiger partial charge in [-0.3, -0.25) is 4.79 Å². The number of benzene rings is 2. The molecular formula is C19H18Cl2N4O3S2. The first-order valence-electron chi connectivity index (χ1n) is 8.71. The number of amides is 1. The molecule has 3 aromatic rings. The highest BCUT2D eigenvalue weighted by Crippen LogP contribution is 2.26. The fourth-order valence-corrected chi connectivity index (χ4v) is 5.00. The lowest BCUT2D eigenvalue weighted by Crippen LogP contribution is -2.15. The van der Waals surface area contributed by atoms with Gasteiger partial charge in [-0.25, -0.2) is 8.42 Å². The van der Waals surface area contributed by atoms with E-state index in [0.29, 0.717) is 26.7 Å². The molecule has 0 atom stereocenters. The molecule has 7 nitrogen and oxygen atoms in total. The predicted molar refractivity (Wildman–Crippen MR) is 119 cm³/mol. The van der Waals surface area contributed by atoms with Gasteiger partial charge < -0.3 is 9.88 Å². The van der Waals surface area contributed by atoms with Crippen LogP contribution in [0.2, 0.25) is 10.0 Å². The lowest BCUT2D eigenvalue weighted by molar-refractivity contribution is -0.113. The average molecular weight is 485 g/mol. The number of anilines is 1. The molecule has 0 aliphatic carbocycles. The van der Waals surface area contributed by atoms with Gasteiger partial charge in [0.2, 0.25) is 5.91 Å². The molecule has 2 aromatic carbocycles. The molecule has 0 aliphatic rings. The number of hydrogen-bond donors (Lipinski definition) is 1. The monoisotopic (exact) mass is 484 g/mol. The van der Waals surface area contributed by atoms with E-state index in [-0.39, 0.29) is 22.3 Å². The maximum absolute atomic E-state index is 12.6. The van der Waals surface area contributed by atoms with Crippen LogP contribution < -0.4 is 5.32 Å². The lowest BCUT2D eigenvalue weighted by atomic mass is 10.2. The van der Waals surface area contributed by atoms with E-state index < -0.39 is 9.84 Å². The van der Waals surface area contributed by atoms with Crippen LogP contribution in [0.3, 0.4) is 0 Å². The van der Waals surface area contributed by atoms with E-state index in [9.17, 15) is 13.2 Å². The van der Waals surface area contributed by atoms with E-state index in [1.165, 1.54) is 6.07 Å². The number of nitrogens with zero attached hydrogens (tertiary/aromatic N) is 3. The number of aryl methyl sites for hydroxylation is 1. The number of rotatable bonds is 7. The van der Waals surface area contributed by atoms with Gasteiger partial charge >= 0.3 is 0 Å². The molecule has 0 radical (unpaired) electrons. The zero-order valence-electron chi connectivity index (χ0n) is 16.1. The SMILES string of the molecule is Cc1ccc(S(=O)(=O)Cc2nnc(SCC(=O)Nc3ccc(Cl)cc3Cl)n2C)cc1. The fourth-order valence-electron chi connectivity index (χ4n) is 2.50. The topological polar surface area (TPSA) is 94.0 Å². The van der Waals surface area contributed by atoms with Crippen LogP contribution >= 0.6 is 35.0 Å². The molecule has 1 aromatic heterocycles. The van der Waals surface area contributed by atoms with Gasteiger partial charge in [0.25, 0.3) is 0 Å². The van der Waals surface area contributed by atoms with Crippen LogP contribution in [0.15, 0.2) is 52.5 Å². The average Bonchev–Trinajstić information content (AvgIpc) is 3.02. The Balaban J connectivity index is 1.63. The summed E-state index contributed by atoms with van der Waals surface area (Å²) in [5, 5.41) is 11.9. The summed E-state index contributed by atoms with van der Waals surface area (Å²) < 4.78 is 26.8. The van der Waals surface area contributed by atoms with Crippen molar-refractivity contribution in [1.82, 2.24) is 14.8 Å². The van der Waals surface area contributed by atoms with Crippen LogP contribution in [0.1, 0.15) is 11.4 Å². The van der Waals surface area contributed by atoms with Gasteiger partial charge in [-0.1, -0.05) is 52.7 Å². The van der Waals surface area contributed by atoms with E-state index in [1.807, 2.05) is 6.92 Å². The Morgan fingerprint density at radius 2 is 1.83 bits per heavy atom.